The summed E-state index contributed by atoms with van der Waals surface area (Å²) >= 11 is 0. The molecule has 1 amide bonds. The van der Waals surface area contributed by atoms with E-state index in [-0.39, 0.29) is 23.8 Å². The molecule has 1 aromatic rings. The average molecular weight is 498 g/mol. The molecule has 7 heteroatoms. The van der Waals surface area contributed by atoms with Crippen LogP contribution >= 0.6 is 0 Å². The van der Waals surface area contributed by atoms with Gasteiger partial charge < -0.3 is 14.5 Å². The molecule has 0 aromatic heterocycles. The molecule has 2 fully saturated rings. The van der Waals surface area contributed by atoms with Gasteiger partial charge in [0.1, 0.15) is 11.6 Å². The van der Waals surface area contributed by atoms with E-state index in [1.807, 2.05) is 30.9 Å². The van der Waals surface area contributed by atoms with Crippen molar-refractivity contribution in [3.8, 4) is 5.75 Å². The first-order valence-corrected chi connectivity index (χ1v) is 13.0. The number of ketones is 1. The summed E-state index contributed by atoms with van der Waals surface area (Å²) in [4.78, 5) is 31.8. The van der Waals surface area contributed by atoms with Crippen LogP contribution in [-0.2, 0) is 4.79 Å². The van der Waals surface area contributed by atoms with E-state index in [0.29, 0.717) is 50.2 Å². The molecule has 0 bridgehead atoms. The SMILES string of the molecule is C=C(C)C(=CC=CC)C(=O)N1CCN(CC(=O)c2ccc(OCCCN3CCCC3C)cc2F)CC1. The second kappa shape index (κ2) is 13.5. The van der Waals surface area contributed by atoms with Crippen molar-refractivity contribution in [3.05, 3.63) is 65.5 Å². The molecule has 6 nitrogen and oxygen atoms in total. The third-order valence-electron chi connectivity index (χ3n) is 6.96. The molecule has 2 aliphatic rings. The molecular weight excluding hydrogens is 457 g/mol. The lowest BCUT2D eigenvalue weighted by atomic mass is 10.1. The summed E-state index contributed by atoms with van der Waals surface area (Å²) in [6, 6.07) is 5.12. The summed E-state index contributed by atoms with van der Waals surface area (Å²) in [5, 5.41) is 0. The highest BCUT2D eigenvalue weighted by Gasteiger charge is 2.25. The van der Waals surface area contributed by atoms with Gasteiger partial charge in [-0.2, -0.15) is 0 Å². The van der Waals surface area contributed by atoms with Crippen LogP contribution in [0.1, 0.15) is 50.4 Å². The maximum absolute atomic E-state index is 14.7. The molecule has 2 heterocycles. The number of carbonyl (C=O) groups excluding carboxylic acids is 2. The molecule has 1 atom stereocenters. The predicted octanol–water partition coefficient (Wildman–Crippen LogP) is 4.48. The molecule has 196 valence electrons. The van der Waals surface area contributed by atoms with Gasteiger partial charge in [-0.1, -0.05) is 18.7 Å². The molecule has 3 rings (SSSR count). The maximum atomic E-state index is 14.7. The minimum absolute atomic E-state index is 0.0526. The predicted molar refractivity (Wildman–Crippen MR) is 142 cm³/mol. The van der Waals surface area contributed by atoms with E-state index in [1.165, 1.54) is 25.0 Å². The molecule has 0 spiro atoms. The van der Waals surface area contributed by atoms with Crippen LogP contribution in [0.15, 0.2) is 54.2 Å². The van der Waals surface area contributed by atoms with Gasteiger partial charge in [0.25, 0.3) is 5.91 Å². The van der Waals surface area contributed by atoms with E-state index in [4.69, 9.17) is 4.74 Å². The molecule has 0 radical (unpaired) electrons. The number of carbonyl (C=O) groups is 2. The Balaban J connectivity index is 1.45. The minimum Gasteiger partial charge on any atom is -0.493 e. The van der Waals surface area contributed by atoms with Gasteiger partial charge >= 0.3 is 0 Å². The fourth-order valence-electron chi connectivity index (χ4n) is 4.75. The fourth-order valence-corrected chi connectivity index (χ4v) is 4.75. The van der Waals surface area contributed by atoms with Gasteiger partial charge in [0.2, 0.25) is 0 Å². The number of benzene rings is 1. The Kier molecular flexibility index (Phi) is 10.4. The Morgan fingerprint density at radius 2 is 1.94 bits per heavy atom. The van der Waals surface area contributed by atoms with Crippen LogP contribution in [0, 0.1) is 5.82 Å². The lowest BCUT2D eigenvalue weighted by Gasteiger charge is -2.34. The van der Waals surface area contributed by atoms with Crippen LogP contribution < -0.4 is 4.74 Å². The van der Waals surface area contributed by atoms with E-state index in [1.54, 1.807) is 17.0 Å². The number of nitrogens with zero attached hydrogens (tertiary/aromatic N) is 3. The zero-order valence-electron chi connectivity index (χ0n) is 22.0. The zero-order valence-corrected chi connectivity index (χ0v) is 22.0. The number of hydrogen-bond acceptors (Lipinski definition) is 5. The normalized spacial score (nSPS) is 19.7. The number of allylic oxidation sites excluding steroid dienone is 3. The number of Topliss-reactive ketones (excluding diaryl/α,β-unsaturated/α-hetero) is 1. The number of piperazine rings is 1. The van der Waals surface area contributed by atoms with E-state index in [9.17, 15) is 14.0 Å². The smallest absolute Gasteiger partial charge is 0.254 e. The summed E-state index contributed by atoms with van der Waals surface area (Å²) in [6.45, 7) is 14.8. The number of halogens is 1. The third kappa shape index (κ3) is 7.61. The molecule has 0 saturated carbocycles. The van der Waals surface area contributed by atoms with Gasteiger partial charge in [-0.05, 0) is 70.4 Å². The maximum Gasteiger partial charge on any atom is 0.254 e. The number of hydrogen-bond donors (Lipinski definition) is 0. The quantitative estimate of drug-likeness (QED) is 0.195. The van der Waals surface area contributed by atoms with Gasteiger partial charge in [-0.15, -0.1) is 0 Å². The Labute approximate surface area is 215 Å². The highest BCUT2D eigenvalue weighted by atomic mass is 19.1. The van der Waals surface area contributed by atoms with Crippen LogP contribution in [0.3, 0.4) is 0 Å². The first-order chi connectivity index (χ1) is 17.3. The van der Waals surface area contributed by atoms with Crippen LogP contribution in [0.2, 0.25) is 0 Å². The van der Waals surface area contributed by atoms with E-state index in [0.717, 1.165) is 25.1 Å². The van der Waals surface area contributed by atoms with E-state index in [2.05, 4.69) is 18.4 Å². The highest BCUT2D eigenvalue weighted by molar-refractivity contribution is 5.98. The topological polar surface area (TPSA) is 53.1 Å². The molecule has 36 heavy (non-hydrogen) atoms. The molecule has 0 N–H and O–H groups in total. The highest BCUT2D eigenvalue weighted by Crippen LogP contribution is 2.20. The Morgan fingerprint density at radius 3 is 2.56 bits per heavy atom. The number of ether oxygens (including phenoxy) is 1. The summed E-state index contributed by atoms with van der Waals surface area (Å²) in [5.74, 6) is -0.426. The van der Waals surface area contributed by atoms with Gasteiger partial charge in [0, 0.05) is 50.4 Å². The van der Waals surface area contributed by atoms with Crippen molar-refractivity contribution >= 4 is 11.7 Å². The fraction of sp³-hybridized carbons (Fsp3) is 0.517. The van der Waals surface area contributed by atoms with Gasteiger partial charge in [0.15, 0.2) is 5.78 Å². The van der Waals surface area contributed by atoms with Crippen molar-refractivity contribution in [2.45, 2.75) is 46.1 Å². The summed E-state index contributed by atoms with van der Waals surface area (Å²) in [6.07, 6.45) is 8.87. The second-order valence-corrected chi connectivity index (χ2v) is 9.75. The lowest BCUT2D eigenvalue weighted by Crippen LogP contribution is -2.50. The van der Waals surface area contributed by atoms with Crippen molar-refractivity contribution in [2.24, 2.45) is 0 Å². The van der Waals surface area contributed by atoms with Crippen molar-refractivity contribution < 1.29 is 18.7 Å². The van der Waals surface area contributed by atoms with Crippen molar-refractivity contribution in [1.29, 1.82) is 0 Å². The first kappa shape index (κ1) is 27.8. The van der Waals surface area contributed by atoms with Gasteiger partial charge in [-0.3, -0.25) is 14.5 Å². The number of amides is 1. The number of rotatable bonds is 11. The monoisotopic (exact) mass is 497 g/mol. The minimum atomic E-state index is -0.556. The van der Waals surface area contributed by atoms with Crippen molar-refractivity contribution in [2.75, 3.05) is 52.4 Å². The standard InChI is InChI=1S/C29H40FN3O3/c1-5-6-10-25(22(2)3)29(35)33-17-15-31(16-18-33)21-28(34)26-12-11-24(20-27(26)30)36-19-8-14-32-13-7-9-23(32)4/h5-6,10-12,20,23H,2,7-9,13-19,21H2,1,3-4H3. The summed E-state index contributed by atoms with van der Waals surface area (Å²) < 4.78 is 20.4. The molecule has 2 saturated heterocycles. The first-order valence-electron chi connectivity index (χ1n) is 13.0. The Bertz CT molecular complexity index is 995. The summed E-state index contributed by atoms with van der Waals surface area (Å²) in [5.41, 5.74) is 1.39. The molecule has 1 unspecified atom stereocenters. The molecular formula is C29H40FN3O3. The van der Waals surface area contributed by atoms with Crippen LogP contribution in [0.5, 0.6) is 5.75 Å². The Morgan fingerprint density at radius 1 is 1.19 bits per heavy atom. The second-order valence-electron chi connectivity index (χ2n) is 9.75. The largest absolute Gasteiger partial charge is 0.493 e. The molecule has 0 aliphatic carbocycles. The van der Waals surface area contributed by atoms with Crippen LogP contribution in [-0.4, -0.2) is 84.9 Å². The third-order valence-corrected chi connectivity index (χ3v) is 6.96. The lowest BCUT2D eigenvalue weighted by molar-refractivity contribution is -0.128. The van der Waals surface area contributed by atoms with Crippen LogP contribution in [0.25, 0.3) is 0 Å². The number of likely N-dealkylation sites (tertiary alicyclic amines) is 1. The molecule has 2 aliphatic heterocycles. The van der Waals surface area contributed by atoms with Gasteiger partial charge in [-0.25, -0.2) is 4.39 Å². The molecule has 1 aromatic carbocycles. The van der Waals surface area contributed by atoms with Crippen molar-refractivity contribution in [3.63, 3.8) is 0 Å². The average Bonchev–Trinajstić information content (AvgIpc) is 3.26. The summed E-state index contributed by atoms with van der Waals surface area (Å²) in [7, 11) is 0. The van der Waals surface area contributed by atoms with Gasteiger partial charge in [0.05, 0.1) is 18.7 Å². The Hall–Kier alpha value is -2.77. The zero-order chi connectivity index (χ0) is 26.1. The van der Waals surface area contributed by atoms with E-state index >= 15 is 0 Å². The van der Waals surface area contributed by atoms with Crippen LogP contribution in [0.4, 0.5) is 4.39 Å². The van der Waals surface area contributed by atoms with Crippen molar-refractivity contribution in [1.82, 2.24) is 14.7 Å². The van der Waals surface area contributed by atoms with E-state index < -0.39 is 5.82 Å².